The molecule has 0 aromatic rings. The molecule has 0 aromatic carbocycles. The summed E-state index contributed by atoms with van der Waals surface area (Å²) in [6.07, 6.45) is 20.1. The summed E-state index contributed by atoms with van der Waals surface area (Å²) >= 11 is 0. The molecule has 0 heterocycles. The standard InChI is InChI=1S/C19H42NO2/c1-3-5-6-7-8-9-10-11-12-13-14-15-16-17-18-19-20(21,22)4-2/h21-22H,3-19H2,1-2H3/q+1. The van der Waals surface area contributed by atoms with Gasteiger partial charge in [0.25, 0.3) is 0 Å². The fourth-order valence-electron chi connectivity index (χ4n) is 2.89. The van der Waals surface area contributed by atoms with Gasteiger partial charge < -0.3 is 0 Å². The average Bonchev–Trinajstić information content (AvgIpc) is 2.51. The van der Waals surface area contributed by atoms with E-state index in [4.69, 9.17) is 0 Å². The van der Waals surface area contributed by atoms with Crippen molar-refractivity contribution in [2.45, 2.75) is 110 Å². The number of nitrogens with zero attached hydrogens (tertiary/aromatic N) is 1. The lowest BCUT2D eigenvalue weighted by atomic mass is 10.0. The Balaban J connectivity index is 3.06. The molecule has 22 heavy (non-hydrogen) atoms. The van der Waals surface area contributed by atoms with Crippen LogP contribution in [0.3, 0.4) is 0 Å². The van der Waals surface area contributed by atoms with Gasteiger partial charge in [-0.05, 0) is 18.2 Å². The van der Waals surface area contributed by atoms with Gasteiger partial charge in [-0.3, -0.25) is 0 Å². The van der Waals surface area contributed by atoms with Crippen molar-refractivity contribution in [3.63, 3.8) is 0 Å². The maximum Gasteiger partial charge on any atom is 0.142 e. The lowest BCUT2D eigenvalue weighted by Crippen LogP contribution is -2.41. The Morgan fingerprint density at radius 1 is 0.500 bits per heavy atom. The van der Waals surface area contributed by atoms with Crippen LogP contribution in [0.1, 0.15) is 110 Å². The molecule has 0 fully saturated rings. The van der Waals surface area contributed by atoms with Crippen LogP contribution in [-0.2, 0) is 0 Å². The zero-order valence-electron chi connectivity index (χ0n) is 15.4. The maximum atomic E-state index is 9.42. The molecule has 0 rings (SSSR count). The highest BCUT2D eigenvalue weighted by Gasteiger charge is 2.17. The molecule has 0 saturated carbocycles. The second-order valence-electron chi connectivity index (χ2n) is 6.87. The van der Waals surface area contributed by atoms with Crippen LogP contribution in [-0.4, -0.2) is 28.3 Å². The summed E-state index contributed by atoms with van der Waals surface area (Å²) in [7, 11) is 0. The van der Waals surface area contributed by atoms with E-state index in [2.05, 4.69) is 6.92 Å². The molecule has 0 radical (unpaired) electrons. The molecule has 0 aliphatic carbocycles. The van der Waals surface area contributed by atoms with E-state index in [0.29, 0.717) is 13.1 Å². The Labute approximate surface area is 139 Å². The van der Waals surface area contributed by atoms with E-state index in [0.717, 1.165) is 12.8 Å². The molecule has 0 aliphatic rings. The zero-order chi connectivity index (χ0) is 16.5. The maximum absolute atomic E-state index is 9.42. The number of hydrogen-bond acceptors (Lipinski definition) is 2. The van der Waals surface area contributed by atoms with Gasteiger partial charge in [-0.2, -0.15) is 10.4 Å². The summed E-state index contributed by atoms with van der Waals surface area (Å²) in [6, 6.07) is 0. The van der Waals surface area contributed by atoms with E-state index >= 15 is 0 Å². The van der Waals surface area contributed by atoms with Crippen molar-refractivity contribution in [3.05, 3.63) is 0 Å². The van der Waals surface area contributed by atoms with E-state index in [1.54, 1.807) is 6.92 Å². The van der Waals surface area contributed by atoms with Crippen molar-refractivity contribution < 1.29 is 15.2 Å². The monoisotopic (exact) mass is 316 g/mol. The first-order valence-corrected chi connectivity index (χ1v) is 9.95. The smallest absolute Gasteiger partial charge is 0.142 e. The van der Waals surface area contributed by atoms with Crippen molar-refractivity contribution in [2.75, 3.05) is 13.1 Å². The van der Waals surface area contributed by atoms with Crippen molar-refractivity contribution in [1.82, 2.24) is 0 Å². The quantitative estimate of drug-likeness (QED) is 0.183. The lowest BCUT2D eigenvalue weighted by Gasteiger charge is -2.18. The number of hydroxylamine groups is 4. The second-order valence-corrected chi connectivity index (χ2v) is 6.87. The van der Waals surface area contributed by atoms with Crippen molar-refractivity contribution >= 4 is 0 Å². The van der Waals surface area contributed by atoms with Gasteiger partial charge in [0.1, 0.15) is 13.1 Å². The Hall–Kier alpha value is -0.120. The van der Waals surface area contributed by atoms with Gasteiger partial charge >= 0.3 is 0 Å². The molecular formula is C19H42NO2+. The lowest BCUT2D eigenvalue weighted by molar-refractivity contribution is -1.24. The van der Waals surface area contributed by atoms with E-state index < -0.39 is 4.81 Å². The van der Waals surface area contributed by atoms with Crippen LogP contribution in [0.4, 0.5) is 0 Å². The molecule has 0 aromatic heterocycles. The van der Waals surface area contributed by atoms with E-state index in [1.165, 1.54) is 83.5 Å². The Morgan fingerprint density at radius 3 is 1.14 bits per heavy atom. The summed E-state index contributed by atoms with van der Waals surface area (Å²) in [6.45, 7) is 4.91. The fraction of sp³-hybridized carbons (Fsp3) is 1.00. The second kappa shape index (κ2) is 15.8. The predicted molar refractivity (Wildman–Crippen MR) is 94.2 cm³/mol. The Morgan fingerprint density at radius 2 is 0.818 bits per heavy atom. The molecule has 0 atom stereocenters. The van der Waals surface area contributed by atoms with Gasteiger partial charge in [0.2, 0.25) is 0 Å². The summed E-state index contributed by atoms with van der Waals surface area (Å²) in [5, 5.41) is 18.8. The van der Waals surface area contributed by atoms with Gasteiger partial charge in [0, 0.05) is 6.42 Å². The first kappa shape index (κ1) is 21.9. The highest BCUT2D eigenvalue weighted by Crippen LogP contribution is 2.13. The summed E-state index contributed by atoms with van der Waals surface area (Å²) in [4.78, 5) is -0.807. The normalized spacial score (nSPS) is 12.0. The van der Waals surface area contributed by atoms with E-state index in [1.807, 2.05) is 0 Å². The number of rotatable bonds is 17. The van der Waals surface area contributed by atoms with Gasteiger partial charge in [-0.1, -0.05) is 90.4 Å². The van der Waals surface area contributed by atoms with Crippen LogP contribution in [0.2, 0.25) is 0 Å². The third-order valence-electron chi connectivity index (χ3n) is 4.63. The first-order valence-electron chi connectivity index (χ1n) is 9.95. The molecule has 0 unspecified atom stereocenters. The molecule has 0 spiro atoms. The largest absolute Gasteiger partial charge is 0.182 e. The minimum Gasteiger partial charge on any atom is -0.182 e. The SMILES string of the molecule is CCCCCCCCCCCCCCCCC[N+](O)(O)CC. The van der Waals surface area contributed by atoms with Gasteiger partial charge in [0.05, 0.1) is 0 Å². The van der Waals surface area contributed by atoms with Crippen molar-refractivity contribution in [1.29, 1.82) is 0 Å². The molecular weight excluding hydrogens is 274 g/mol. The van der Waals surface area contributed by atoms with Gasteiger partial charge in [-0.15, -0.1) is 0 Å². The molecule has 0 bridgehead atoms. The Bertz CT molecular complexity index is 219. The van der Waals surface area contributed by atoms with E-state index in [9.17, 15) is 10.4 Å². The van der Waals surface area contributed by atoms with Gasteiger partial charge in [0.15, 0.2) is 0 Å². The number of unbranched alkanes of at least 4 members (excludes halogenated alkanes) is 14. The van der Waals surface area contributed by atoms with Crippen LogP contribution >= 0.6 is 0 Å². The van der Waals surface area contributed by atoms with Crippen LogP contribution < -0.4 is 0 Å². The van der Waals surface area contributed by atoms with E-state index in [-0.39, 0.29) is 0 Å². The molecule has 134 valence electrons. The summed E-state index contributed by atoms with van der Waals surface area (Å²) < 4.78 is 0. The third kappa shape index (κ3) is 16.3. The average molecular weight is 317 g/mol. The third-order valence-corrected chi connectivity index (χ3v) is 4.63. The molecule has 3 heteroatoms. The molecule has 0 amide bonds. The minimum atomic E-state index is -0.807. The molecule has 3 nitrogen and oxygen atoms in total. The fourth-order valence-corrected chi connectivity index (χ4v) is 2.89. The topological polar surface area (TPSA) is 40.5 Å². The van der Waals surface area contributed by atoms with Crippen LogP contribution in [0.5, 0.6) is 0 Å². The number of hydrogen-bond donors (Lipinski definition) is 2. The van der Waals surface area contributed by atoms with Crippen molar-refractivity contribution in [3.8, 4) is 0 Å². The van der Waals surface area contributed by atoms with Crippen LogP contribution in [0, 0.1) is 0 Å². The predicted octanol–water partition coefficient (Wildman–Crippen LogP) is 6.47. The molecule has 0 saturated heterocycles. The summed E-state index contributed by atoms with van der Waals surface area (Å²) in [5.74, 6) is 0. The Kier molecular flexibility index (Phi) is 15.7. The number of quaternary nitrogens is 1. The highest BCUT2D eigenvalue weighted by molar-refractivity contribution is 4.49. The van der Waals surface area contributed by atoms with Crippen LogP contribution in [0.25, 0.3) is 0 Å². The minimum absolute atomic E-state index is 0.374. The molecule has 0 aliphatic heterocycles. The highest BCUT2D eigenvalue weighted by atomic mass is 16.8. The van der Waals surface area contributed by atoms with Crippen LogP contribution in [0.15, 0.2) is 0 Å². The zero-order valence-corrected chi connectivity index (χ0v) is 15.4. The molecule has 2 N–H and O–H groups in total. The first-order chi connectivity index (χ1) is 10.6. The van der Waals surface area contributed by atoms with Gasteiger partial charge in [-0.25, -0.2) is 0 Å². The summed E-state index contributed by atoms with van der Waals surface area (Å²) in [5.41, 5.74) is 0. The van der Waals surface area contributed by atoms with Crippen molar-refractivity contribution in [2.24, 2.45) is 0 Å².